The van der Waals surface area contributed by atoms with Crippen molar-refractivity contribution >= 4 is 41.5 Å². The number of guanidine groups is 1. The summed E-state index contributed by atoms with van der Waals surface area (Å²) in [5.74, 6) is 2.42. The van der Waals surface area contributed by atoms with Crippen LogP contribution in [-0.4, -0.2) is 39.7 Å². The van der Waals surface area contributed by atoms with Gasteiger partial charge in [0.1, 0.15) is 11.5 Å². The fourth-order valence-electron chi connectivity index (χ4n) is 3.30. The molecule has 0 bridgehead atoms. The summed E-state index contributed by atoms with van der Waals surface area (Å²) in [6.07, 6.45) is 1.58. The maximum Gasteiger partial charge on any atom is 0.227 e. The summed E-state index contributed by atoms with van der Waals surface area (Å²) in [7, 11) is 5.02. The van der Waals surface area contributed by atoms with E-state index in [0.29, 0.717) is 25.5 Å². The van der Waals surface area contributed by atoms with E-state index in [1.54, 1.807) is 21.3 Å². The summed E-state index contributed by atoms with van der Waals surface area (Å²) in [6.45, 7) is 2.01. The second-order valence-electron chi connectivity index (χ2n) is 6.77. The summed E-state index contributed by atoms with van der Waals surface area (Å²) < 4.78 is 10.7. The zero-order chi connectivity index (χ0) is 20.6. The Morgan fingerprint density at radius 3 is 2.40 bits per heavy atom. The molecule has 3 rings (SSSR count). The van der Waals surface area contributed by atoms with Crippen LogP contribution in [0, 0.1) is 0 Å². The number of hydrogen-bond donors (Lipinski definition) is 2. The molecular weight excluding hydrogens is 495 g/mol. The van der Waals surface area contributed by atoms with Crippen molar-refractivity contribution in [3.63, 3.8) is 0 Å². The summed E-state index contributed by atoms with van der Waals surface area (Å²) in [6, 6.07) is 13.8. The standard InChI is InChI=1S/C22H28N4O3.HI/c1-23-22(25-15-17-8-11-19(28-2)13-20(17)29-3)24-14-16-6-9-18(10-7-16)26-12-4-5-21(26)27;/h6-11,13H,4-5,12,14-15H2,1-3H3,(H2,23,24,25);1H. The van der Waals surface area contributed by atoms with Crippen LogP contribution in [0.4, 0.5) is 5.69 Å². The van der Waals surface area contributed by atoms with Gasteiger partial charge in [0, 0.05) is 50.4 Å². The minimum absolute atomic E-state index is 0. The largest absolute Gasteiger partial charge is 0.497 e. The Morgan fingerprint density at radius 2 is 1.80 bits per heavy atom. The maximum absolute atomic E-state index is 11.9. The van der Waals surface area contributed by atoms with Crippen LogP contribution in [0.1, 0.15) is 24.0 Å². The number of halogens is 1. The molecule has 1 heterocycles. The number of ether oxygens (including phenoxy) is 2. The first kappa shape index (κ1) is 23.8. The smallest absolute Gasteiger partial charge is 0.227 e. The van der Waals surface area contributed by atoms with Crippen LogP contribution in [0.5, 0.6) is 11.5 Å². The molecule has 2 aromatic carbocycles. The van der Waals surface area contributed by atoms with Crippen molar-refractivity contribution in [2.45, 2.75) is 25.9 Å². The Kier molecular flexibility index (Phi) is 9.22. The highest BCUT2D eigenvalue weighted by atomic mass is 127. The van der Waals surface area contributed by atoms with Crippen molar-refractivity contribution in [3.8, 4) is 11.5 Å². The average molecular weight is 524 g/mol. The molecule has 8 heteroatoms. The molecule has 7 nitrogen and oxygen atoms in total. The number of nitrogens with zero attached hydrogens (tertiary/aromatic N) is 2. The van der Waals surface area contributed by atoms with Gasteiger partial charge < -0.3 is 25.0 Å². The van der Waals surface area contributed by atoms with Crippen LogP contribution in [0.3, 0.4) is 0 Å². The molecule has 0 radical (unpaired) electrons. The Bertz CT molecular complexity index is 871. The molecule has 30 heavy (non-hydrogen) atoms. The average Bonchev–Trinajstić information content (AvgIpc) is 3.20. The Labute approximate surface area is 194 Å². The number of carbonyl (C=O) groups excluding carboxylic acids is 1. The van der Waals surface area contributed by atoms with Crippen LogP contribution in [0.15, 0.2) is 47.5 Å². The predicted molar refractivity (Wildman–Crippen MR) is 130 cm³/mol. The van der Waals surface area contributed by atoms with Crippen LogP contribution >= 0.6 is 24.0 Å². The third kappa shape index (κ3) is 6.01. The minimum Gasteiger partial charge on any atom is -0.497 e. The third-order valence-corrected chi connectivity index (χ3v) is 4.95. The molecule has 0 spiro atoms. The van der Waals surface area contributed by atoms with Crippen molar-refractivity contribution in [2.75, 3.05) is 32.7 Å². The van der Waals surface area contributed by atoms with Gasteiger partial charge in [0.25, 0.3) is 0 Å². The first-order chi connectivity index (χ1) is 14.1. The van der Waals surface area contributed by atoms with E-state index in [-0.39, 0.29) is 29.9 Å². The molecule has 0 saturated carbocycles. The first-order valence-corrected chi connectivity index (χ1v) is 9.69. The number of rotatable bonds is 7. The summed E-state index contributed by atoms with van der Waals surface area (Å²) in [5.41, 5.74) is 3.09. The van der Waals surface area contributed by atoms with Crippen LogP contribution in [0.25, 0.3) is 0 Å². The first-order valence-electron chi connectivity index (χ1n) is 9.69. The van der Waals surface area contributed by atoms with Gasteiger partial charge in [-0.05, 0) is 36.2 Å². The highest BCUT2D eigenvalue weighted by molar-refractivity contribution is 14.0. The van der Waals surface area contributed by atoms with Gasteiger partial charge >= 0.3 is 0 Å². The summed E-state index contributed by atoms with van der Waals surface area (Å²) in [4.78, 5) is 18.0. The van der Waals surface area contributed by atoms with E-state index in [1.807, 2.05) is 47.4 Å². The lowest BCUT2D eigenvalue weighted by Crippen LogP contribution is -2.36. The molecule has 1 aliphatic heterocycles. The van der Waals surface area contributed by atoms with Gasteiger partial charge in [-0.1, -0.05) is 12.1 Å². The van der Waals surface area contributed by atoms with E-state index in [4.69, 9.17) is 9.47 Å². The number of nitrogens with one attached hydrogen (secondary N) is 2. The SMILES string of the molecule is CN=C(NCc1ccc(N2CCCC2=O)cc1)NCc1ccc(OC)cc1OC.I. The normalized spacial score (nSPS) is 13.6. The van der Waals surface area contributed by atoms with Crippen molar-refractivity contribution in [2.24, 2.45) is 4.99 Å². The molecule has 0 aromatic heterocycles. The molecule has 1 aliphatic rings. The minimum atomic E-state index is 0. The number of carbonyl (C=O) groups is 1. The second-order valence-corrected chi connectivity index (χ2v) is 6.77. The van der Waals surface area contributed by atoms with E-state index < -0.39 is 0 Å². The van der Waals surface area contributed by atoms with Gasteiger partial charge in [0.05, 0.1) is 14.2 Å². The lowest BCUT2D eigenvalue weighted by atomic mass is 10.2. The molecule has 1 fully saturated rings. The number of anilines is 1. The van der Waals surface area contributed by atoms with Gasteiger partial charge in [0.2, 0.25) is 5.91 Å². The van der Waals surface area contributed by atoms with Gasteiger partial charge in [-0.3, -0.25) is 9.79 Å². The fourth-order valence-corrected chi connectivity index (χ4v) is 3.30. The van der Waals surface area contributed by atoms with Crippen LogP contribution in [-0.2, 0) is 17.9 Å². The van der Waals surface area contributed by atoms with Crippen molar-refractivity contribution in [1.82, 2.24) is 10.6 Å². The summed E-state index contributed by atoms with van der Waals surface area (Å²) in [5, 5.41) is 6.60. The molecule has 0 aliphatic carbocycles. The number of aliphatic imine (C=N–C) groups is 1. The zero-order valence-electron chi connectivity index (χ0n) is 17.6. The Hall–Kier alpha value is -2.49. The molecule has 1 amide bonds. The van der Waals surface area contributed by atoms with Gasteiger partial charge in [-0.25, -0.2) is 0 Å². The van der Waals surface area contributed by atoms with Gasteiger partial charge in [-0.2, -0.15) is 0 Å². The van der Waals surface area contributed by atoms with Gasteiger partial charge in [-0.15, -0.1) is 24.0 Å². The lowest BCUT2D eigenvalue weighted by Gasteiger charge is -2.17. The lowest BCUT2D eigenvalue weighted by molar-refractivity contribution is -0.117. The molecule has 0 atom stereocenters. The molecule has 2 aromatic rings. The zero-order valence-corrected chi connectivity index (χ0v) is 19.9. The number of hydrogen-bond acceptors (Lipinski definition) is 4. The van der Waals surface area contributed by atoms with E-state index in [1.165, 1.54) is 0 Å². The quantitative estimate of drug-likeness (QED) is 0.331. The molecule has 0 unspecified atom stereocenters. The van der Waals surface area contributed by atoms with Crippen molar-refractivity contribution < 1.29 is 14.3 Å². The Balaban J connectivity index is 0.00000320. The van der Waals surface area contributed by atoms with E-state index in [9.17, 15) is 4.79 Å². The number of benzene rings is 2. The highest BCUT2D eigenvalue weighted by Gasteiger charge is 2.21. The van der Waals surface area contributed by atoms with Gasteiger partial charge in [0.15, 0.2) is 5.96 Å². The maximum atomic E-state index is 11.9. The number of amides is 1. The monoisotopic (exact) mass is 524 g/mol. The molecule has 2 N–H and O–H groups in total. The second kappa shape index (κ2) is 11.6. The number of methoxy groups -OCH3 is 2. The predicted octanol–water partition coefficient (Wildman–Crippen LogP) is 3.31. The van der Waals surface area contributed by atoms with E-state index in [0.717, 1.165) is 41.3 Å². The van der Waals surface area contributed by atoms with Crippen LogP contribution < -0.4 is 25.0 Å². The highest BCUT2D eigenvalue weighted by Crippen LogP contribution is 2.24. The molecular formula is C22H29IN4O3. The fraction of sp³-hybridized carbons (Fsp3) is 0.364. The van der Waals surface area contributed by atoms with Crippen molar-refractivity contribution in [1.29, 1.82) is 0 Å². The molecule has 1 saturated heterocycles. The van der Waals surface area contributed by atoms with E-state index in [2.05, 4.69) is 15.6 Å². The van der Waals surface area contributed by atoms with E-state index >= 15 is 0 Å². The third-order valence-electron chi connectivity index (χ3n) is 4.95. The summed E-state index contributed by atoms with van der Waals surface area (Å²) >= 11 is 0. The van der Waals surface area contributed by atoms with Crippen molar-refractivity contribution in [3.05, 3.63) is 53.6 Å². The molecule has 162 valence electrons. The topological polar surface area (TPSA) is 75.2 Å². The Morgan fingerprint density at radius 1 is 1.07 bits per heavy atom. The van der Waals surface area contributed by atoms with Crippen LogP contribution in [0.2, 0.25) is 0 Å².